The van der Waals surface area contributed by atoms with Gasteiger partial charge in [0.15, 0.2) is 0 Å². The quantitative estimate of drug-likeness (QED) is 0.569. The molecule has 0 radical (unpaired) electrons. The van der Waals surface area contributed by atoms with Gasteiger partial charge in [-0.2, -0.15) is 0 Å². The molecule has 1 atom stereocenters. The highest BCUT2D eigenvalue weighted by Gasteiger charge is 1.96. The van der Waals surface area contributed by atoms with Crippen molar-refractivity contribution >= 4 is 0 Å². The fraction of sp³-hybridized carbons (Fsp3) is 0.750. The first-order valence-corrected chi connectivity index (χ1v) is 3.39. The molecular formula is C8H14O. The van der Waals surface area contributed by atoms with Crippen molar-refractivity contribution in [2.24, 2.45) is 0 Å². The van der Waals surface area contributed by atoms with Crippen molar-refractivity contribution in [3.05, 3.63) is 0 Å². The third-order valence-electron chi connectivity index (χ3n) is 1.25. The minimum Gasteiger partial charge on any atom is -0.393 e. The molecule has 0 aromatic carbocycles. The van der Waals surface area contributed by atoms with Crippen molar-refractivity contribution < 1.29 is 5.11 Å². The van der Waals surface area contributed by atoms with Crippen LogP contribution >= 0.6 is 0 Å². The number of hydrogen-bond donors (Lipinski definition) is 1. The van der Waals surface area contributed by atoms with E-state index in [-0.39, 0.29) is 6.10 Å². The van der Waals surface area contributed by atoms with E-state index in [0.717, 1.165) is 19.3 Å². The third kappa shape index (κ3) is 5.39. The Morgan fingerprint density at radius 2 is 2.22 bits per heavy atom. The van der Waals surface area contributed by atoms with E-state index in [1.807, 2.05) is 13.8 Å². The first kappa shape index (κ1) is 8.52. The van der Waals surface area contributed by atoms with Crippen molar-refractivity contribution in [2.75, 3.05) is 0 Å². The van der Waals surface area contributed by atoms with Crippen LogP contribution in [0.5, 0.6) is 0 Å². The number of aliphatic hydroxyl groups excluding tert-OH is 1. The van der Waals surface area contributed by atoms with Crippen LogP contribution in [-0.2, 0) is 0 Å². The molecule has 0 aliphatic rings. The van der Waals surface area contributed by atoms with Crippen LogP contribution in [0.2, 0.25) is 0 Å². The van der Waals surface area contributed by atoms with Gasteiger partial charge in [0.1, 0.15) is 0 Å². The lowest BCUT2D eigenvalue weighted by atomic mass is 10.1. The van der Waals surface area contributed by atoms with Crippen molar-refractivity contribution in [3.63, 3.8) is 0 Å². The highest BCUT2D eigenvalue weighted by molar-refractivity contribution is 4.94. The van der Waals surface area contributed by atoms with Crippen LogP contribution in [0.4, 0.5) is 0 Å². The molecule has 0 saturated heterocycles. The van der Waals surface area contributed by atoms with E-state index in [9.17, 15) is 0 Å². The lowest BCUT2D eigenvalue weighted by Crippen LogP contribution is -2.02. The Morgan fingerprint density at radius 1 is 1.56 bits per heavy atom. The van der Waals surface area contributed by atoms with Gasteiger partial charge in [0.2, 0.25) is 0 Å². The van der Waals surface area contributed by atoms with Crippen molar-refractivity contribution in [3.8, 4) is 11.8 Å². The molecule has 0 aliphatic carbocycles. The second-order valence-electron chi connectivity index (χ2n) is 2.03. The molecule has 0 amide bonds. The zero-order chi connectivity index (χ0) is 7.11. The Hall–Kier alpha value is -0.480. The van der Waals surface area contributed by atoms with Crippen LogP contribution < -0.4 is 0 Å². The second kappa shape index (κ2) is 5.65. The average molecular weight is 126 g/mol. The zero-order valence-corrected chi connectivity index (χ0v) is 6.15. The normalized spacial score (nSPS) is 11.9. The predicted octanol–water partition coefficient (Wildman–Crippen LogP) is 1.56. The Balaban J connectivity index is 3.13. The molecule has 52 valence electrons. The van der Waals surface area contributed by atoms with Gasteiger partial charge in [-0.05, 0) is 19.8 Å². The molecule has 0 unspecified atom stereocenters. The highest BCUT2D eigenvalue weighted by Crippen LogP contribution is 1.98. The monoisotopic (exact) mass is 126 g/mol. The summed E-state index contributed by atoms with van der Waals surface area (Å²) in [6, 6.07) is 0. The molecule has 9 heavy (non-hydrogen) atoms. The molecule has 0 rings (SSSR count). The van der Waals surface area contributed by atoms with E-state index in [0.29, 0.717) is 0 Å². The van der Waals surface area contributed by atoms with Gasteiger partial charge in [0.05, 0.1) is 6.10 Å². The van der Waals surface area contributed by atoms with Gasteiger partial charge in [-0.15, -0.1) is 11.8 Å². The maximum Gasteiger partial charge on any atom is 0.0546 e. The van der Waals surface area contributed by atoms with Crippen LogP contribution in [-0.4, -0.2) is 11.2 Å². The molecule has 1 nitrogen and oxygen atoms in total. The number of rotatable bonds is 3. The molecule has 0 aliphatic heterocycles. The lowest BCUT2D eigenvalue weighted by molar-refractivity contribution is 0.162. The maximum atomic E-state index is 9.02. The Bertz CT molecular complexity index is 107. The first-order valence-electron chi connectivity index (χ1n) is 3.39. The van der Waals surface area contributed by atoms with Crippen LogP contribution in [0.1, 0.15) is 33.1 Å². The predicted molar refractivity (Wildman–Crippen MR) is 39.0 cm³/mol. The van der Waals surface area contributed by atoms with Gasteiger partial charge in [0.25, 0.3) is 0 Å². The SMILES string of the molecule is CC#CCC[C@@H](O)CC. The summed E-state index contributed by atoms with van der Waals surface area (Å²) in [7, 11) is 0. The average Bonchev–Trinajstić information content (AvgIpc) is 1.89. The fourth-order valence-corrected chi connectivity index (χ4v) is 0.568. The van der Waals surface area contributed by atoms with Gasteiger partial charge in [-0.3, -0.25) is 0 Å². The summed E-state index contributed by atoms with van der Waals surface area (Å²) in [6.07, 6.45) is 2.33. The van der Waals surface area contributed by atoms with Gasteiger partial charge >= 0.3 is 0 Å². The van der Waals surface area contributed by atoms with Gasteiger partial charge in [-0.25, -0.2) is 0 Å². The van der Waals surface area contributed by atoms with E-state index in [1.54, 1.807) is 0 Å². The molecule has 0 aromatic rings. The molecule has 1 N–H and O–H groups in total. The van der Waals surface area contributed by atoms with E-state index in [4.69, 9.17) is 5.11 Å². The van der Waals surface area contributed by atoms with E-state index in [2.05, 4.69) is 11.8 Å². The second-order valence-corrected chi connectivity index (χ2v) is 2.03. The molecular weight excluding hydrogens is 112 g/mol. The Morgan fingerprint density at radius 3 is 2.67 bits per heavy atom. The Labute approximate surface area is 57.1 Å². The van der Waals surface area contributed by atoms with Crippen LogP contribution in [0, 0.1) is 11.8 Å². The topological polar surface area (TPSA) is 20.2 Å². The summed E-state index contributed by atoms with van der Waals surface area (Å²) in [5.74, 6) is 5.69. The fourth-order valence-electron chi connectivity index (χ4n) is 0.568. The van der Waals surface area contributed by atoms with Crippen molar-refractivity contribution in [1.82, 2.24) is 0 Å². The van der Waals surface area contributed by atoms with Gasteiger partial charge in [0, 0.05) is 6.42 Å². The lowest BCUT2D eigenvalue weighted by Gasteiger charge is -2.01. The molecule has 0 bridgehead atoms. The highest BCUT2D eigenvalue weighted by atomic mass is 16.3. The molecule has 0 fully saturated rings. The van der Waals surface area contributed by atoms with Gasteiger partial charge in [-0.1, -0.05) is 6.92 Å². The number of hydrogen-bond acceptors (Lipinski definition) is 1. The summed E-state index contributed by atoms with van der Waals surface area (Å²) < 4.78 is 0. The minimum atomic E-state index is -0.147. The van der Waals surface area contributed by atoms with E-state index < -0.39 is 0 Å². The van der Waals surface area contributed by atoms with E-state index >= 15 is 0 Å². The van der Waals surface area contributed by atoms with Crippen LogP contribution in [0.25, 0.3) is 0 Å². The smallest absolute Gasteiger partial charge is 0.0546 e. The van der Waals surface area contributed by atoms with Gasteiger partial charge < -0.3 is 5.11 Å². The molecule has 0 heterocycles. The molecule has 1 heteroatoms. The number of aliphatic hydroxyl groups is 1. The first-order chi connectivity index (χ1) is 4.31. The maximum absolute atomic E-state index is 9.02. The van der Waals surface area contributed by atoms with Crippen LogP contribution in [0.15, 0.2) is 0 Å². The summed E-state index contributed by atoms with van der Waals surface area (Å²) in [6.45, 7) is 3.79. The van der Waals surface area contributed by atoms with Crippen molar-refractivity contribution in [1.29, 1.82) is 0 Å². The third-order valence-corrected chi connectivity index (χ3v) is 1.25. The summed E-state index contributed by atoms with van der Waals surface area (Å²) in [5, 5.41) is 9.02. The molecule has 0 spiro atoms. The largest absolute Gasteiger partial charge is 0.393 e. The molecule has 0 saturated carbocycles. The zero-order valence-electron chi connectivity index (χ0n) is 6.15. The van der Waals surface area contributed by atoms with E-state index in [1.165, 1.54) is 0 Å². The minimum absolute atomic E-state index is 0.147. The summed E-state index contributed by atoms with van der Waals surface area (Å²) in [4.78, 5) is 0. The summed E-state index contributed by atoms with van der Waals surface area (Å²) in [5.41, 5.74) is 0. The summed E-state index contributed by atoms with van der Waals surface area (Å²) >= 11 is 0. The van der Waals surface area contributed by atoms with Crippen LogP contribution in [0.3, 0.4) is 0 Å². The molecule has 0 aromatic heterocycles. The van der Waals surface area contributed by atoms with Crippen molar-refractivity contribution in [2.45, 2.75) is 39.2 Å². The standard InChI is InChI=1S/C8H14O/c1-3-5-6-7-8(9)4-2/h8-9H,4,6-7H2,1-2H3/t8-/m0/s1. The Kier molecular flexibility index (Phi) is 5.35.